The van der Waals surface area contributed by atoms with Gasteiger partial charge in [0, 0.05) is 49.0 Å². The highest BCUT2D eigenvalue weighted by atomic mass is 35.5. The number of hydrogen-bond donors (Lipinski definition) is 2. The van der Waals surface area contributed by atoms with E-state index in [9.17, 15) is 26.7 Å². The monoisotopic (exact) mass is 639 g/mol. The zero-order valence-electron chi connectivity index (χ0n) is 23.6. The van der Waals surface area contributed by atoms with Crippen LogP contribution in [0.25, 0.3) is 0 Å². The lowest BCUT2D eigenvalue weighted by Crippen LogP contribution is -2.48. The summed E-state index contributed by atoms with van der Waals surface area (Å²) in [6.45, 7) is 3.44. The number of fused-ring (bicyclic) bond motifs is 1. The Morgan fingerprint density at radius 3 is 2.50 bits per heavy atom. The number of aliphatic hydroxyl groups excluding tert-OH is 1. The fourth-order valence-corrected chi connectivity index (χ4v) is 6.93. The number of sulfonamides is 2. The van der Waals surface area contributed by atoms with Crippen molar-refractivity contribution in [1.29, 1.82) is 0 Å². The smallest absolute Gasteiger partial charge is 0.280 e. The van der Waals surface area contributed by atoms with Gasteiger partial charge >= 0.3 is 0 Å². The molecule has 3 aromatic rings. The van der Waals surface area contributed by atoms with Crippen LogP contribution in [-0.4, -0.2) is 85.5 Å². The number of imidazole rings is 1. The van der Waals surface area contributed by atoms with E-state index in [0.29, 0.717) is 16.3 Å². The highest BCUT2D eigenvalue weighted by Gasteiger charge is 2.33. The number of nitrogens with one attached hydrogen (secondary N) is 1. The molecule has 12 nitrogen and oxygen atoms in total. The molecule has 2 N–H and O–H groups in total. The first-order chi connectivity index (χ1) is 19.7. The van der Waals surface area contributed by atoms with Crippen LogP contribution in [0.15, 0.2) is 64.9 Å². The number of amides is 1. The number of halogens is 1. The van der Waals surface area contributed by atoms with E-state index in [4.69, 9.17) is 16.3 Å². The third kappa shape index (κ3) is 7.06. The molecule has 1 amide bonds. The molecule has 0 saturated heterocycles. The minimum atomic E-state index is -4.00. The number of likely N-dealkylation sites (N-methyl/N-ethyl adjacent to an activating group) is 1. The number of aromatic nitrogens is 2. The van der Waals surface area contributed by atoms with Crippen LogP contribution in [-0.2, 0) is 38.3 Å². The Morgan fingerprint density at radius 1 is 1.19 bits per heavy atom. The molecule has 0 bridgehead atoms. The SMILES string of the molecule is C[C@@H]1CN([C@@H](C)CO)C(=O)Cc2cc(NS(=O)(=O)c3cn(C)cn3)ccc2O[C@H]1CN(C)S(=O)(=O)c1ccc(Cl)cc1. The summed E-state index contributed by atoms with van der Waals surface area (Å²) in [6, 6.07) is 9.90. The molecule has 1 aliphatic heterocycles. The first-order valence-corrected chi connectivity index (χ1v) is 16.4. The van der Waals surface area contributed by atoms with Gasteiger partial charge in [-0.3, -0.25) is 9.52 Å². The van der Waals surface area contributed by atoms with E-state index in [-0.39, 0.29) is 53.6 Å². The average Bonchev–Trinajstić information content (AvgIpc) is 3.40. The minimum absolute atomic E-state index is 0.0465. The van der Waals surface area contributed by atoms with E-state index in [0.717, 1.165) is 0 Å². The van der Waals surface area contributed by atoms with Crippen molar-refractivity contribution in [2.45, 2.75) is 42.3 Å². The second-order valence-electron chi connectivity index (χ2n) is 10.4. The number of anilines is 1. The Bertz CT molecular complexity index is 1650. The highest BCUT2D eigenvalue weighted by Crippen LogP contribution is 2.30. The third-order valence-corrected chi connectivity index (χ3v) is 10.4. The van der Waals surface area contributed by atoms with Crippen LogP contribution in [0, 0.1) is 5.92 Å². The van der Waals surface area contributed by atoms with Crippen LogP contribution in [0.2, 0.25) is 5.02 Å². The first-order valence-electron chi connectivity index (χ1n) is 13.1. The second-order valence-corrected chi connectivity index (χ2v) is 14.5. The number of ether oxygens (including phenoxy) is 1. The van der Waals surface area contributed by atoms with Gasteiger partial charge in [0.15, 0.2) is 5.03 Å². The van der Waals surface area contributed by atoms with Gasteiger partial charge in [0.1, 0.15) is 11.9 Å². The maximum atomic E-state index is 13.4. The fraction of sp³-hybridized carbons (Fsp3) is 0.407. The van der Waals surface area contributed by atoms with E-state index in [1.54, 1.807) is 20.0 Å². The van der Waals surface area contributed by atoms with Crippen molar-refractivity contribution >= 4 is 43.2 Å². The lowest BCUT2D eigenvalue weighted by molar-refractivity contribution is -0.134. The molecule has 0 aliphatic carbocycles. The zero-order valence-corrected chi connectivity index (χ0v) is 26.0. The van der Waals surface area contributed by atoms with E-state index < -0.39 is 32.2 Å². The van der Waals surface area contributed by atoms with Gasteiger partial charge < -0.3 is 19.3 Å². The summed E-state index contributed by atoms with van der Waals surface area (Å²) >= 11 is 5.93. The van der Waals surface area contributed by atoms with Gasteiger partial charge in [-0.1, -0.05) is 18.5 Å². The normalized spacial score (nSPS) is 18.9. The summed E-state index contributed by atoms with van der Waals surface area (Å²) < 4.78 is 63.9. The number of carbonyl (C=O) groups excluding carboxylic acids is 1. The Balaban J connectivity index is 1.68. The molecule has 3 atom stereocenters. The molecule has 0 unspecified atom stereocenters. The van der Waals surface area contributed by atoms with Crippen molar-refractivity contribution < 1.29 is 31.5 Å². The van der Waals surface area contributed by atoms with Crippen molar-refractivity contribution in [3.8, 4) is 5.75 Å². The van der Waals surface area contributed by atoms with Crippen LogP contribution < -0.4 is 9.46 Å². The molecule has 1 aromatic heterocycles. The predicted molar refractivity (Wildman–Crippen MR) is 157 cm³/mol. The fourth-order valence-electron chi connectivity index (χ4n) is 4.58. The standard InChI is InChI=1S/C27H34ClN5O7S2/c1-18-13-33(19(2)16-34)27(35)12-20-11-22(30-41(36,37)26-15-31(3)17-29-26)7-10-24(20)40-25(18)14-32(4)42(38,39)23-8-5-21(28)6-9-23/h5-11,15,17-19,25,30,34H,12-14,16H2,1-4H3/t18-,19+,25+/m1/s1. The summed E-state index contributed by atoms with van der Waals surface area (Å²) in [5, 5.41) is 10.1. The molecule has 2 heterocycles. The minimum Gasteiger partial charge on any atom is -0.488 e. The van der Waals surface area contributed by atoms with Gasteiger partial charge in [-0.25, -0.2) is 13.4 Å². The van der Waals surface area contributed by atoms with Crippen LogP contribution in [0.5, 0.6) is 5.75 Å². The molecular weight excluding hydrogens is 606 g/mol. The van der Waals surface area contributed by atoms with Gasteiger partial charge in [0.05, 0.1) is 36.8 Å². The molecule has 0 radical (unpaired) electrons. The molecule has 15 heteroatoms. The Morgan fingerprint density at radius 2 is 1.88 bits per heavy atom. The number of aryl methyl sites for hydroxylation is 1. The van der Waals surface area contributed by atoms with Gasteiger partial charge in [0.2, 0.25) is 15.9 Å². The number of nitrogens with zero attached hydrogens (tertiary/aromatic N) is 4. The Hall–Kier alpha value is -3.17. The van der Waals surface area contributed by atoms with Crippen molar-refractivity contribution in [1.82, 2.24) is 18.8 Å². The third-order valence-electron chi connectivity index (χ3n) is 7.08. The summed E-state index contributed by atoms with van der Waals surface area (Å²) in [6.07, 6.45) is 1.90. The predicted octanol–water partition coefficient (Wildman–Crippen LogP) is 2.34. The van der Waals surface area contributed by atoms with E-state index in [2.05, 4.69) is 9.71 Å². The second kappa shape index (κ2) is 12.6. The summed E-state index contributed by atoms with van der Waals surface area (Å²) in [7, 11) is -4.79. The van der Waals surface area contributed by atoms with Gasteiger partial charge in [-0.2, -0.15) is 12.7 Å². The molecular formula is C27H34ClN5O7S2. The summed E-state index contributed by atoms with van der Waals surface area (Å²) in [4.78, 5) is 18.9. The molecule has 0 fully saturated rings. The number of hydrogen-bond acceptors (Lipinski definition) is 8. The number of carbonyl (C=O) groups is 1. The largest absolute Gasteiger partial charge is 0.488 e. The molecule has 0 saturated carbocycles. The molecule has 1 aliphatic rings. The van der Waals surface area contributed by atoms with Crippen molar-refractivity contribution in [2.24, 2.45) is 13.0 Å². The van der Waals surface area contributed by atoms with Crippen LogP contribution in [0.3, 0.4) is 0 Å². The Kier molecular flexibility index (Phi) is 9.52. The summed E-state index contributed by atoms with van der Waals surface area (Å²) in [5.41, 5.74) is 0.600. The highest BCUT2D eigenvalue weighted by molar-refractivity contribution is 7.92. The van der Waals surface area contributed by atoms with E-state index in [1.807, 2.05) is 6.92 Å². The van der Waals surface area contributed by atoms with E-state index >= 15 is 0 Å². The topological polar surface area (TPSA) is 151 Å². The first kappa shape index (κ1) is 31.8. The van der Waals surface area contributed by atoms with Gasteiger partial charge in [0.25, 0.3) is 10.0 Å². The maximum absolute atomic E-state index is 13.4. The zero-order chi connectivity index (χ0) is 30.8. The van der Waals surface area contributed by atoms with Crippen LogP contribution in [0.4, 0.5) is 5.69 Å². The molecule has 4 rings (SSSR count). The van der Waals surface area contributed by atoms with Crippen molar-refractivity contribution in [3.63, 3.8) is 0 Å². The number of aliphatic hydroxyl groups is 1. The molecule has 2 aromatic carbocycles. The number of benzene rings is 2. The van der Waals surface area contributed by atoms with Crippen molar-refractivity contribution in [2.75, 3.05) is 31.5 Å². The summed E-state index contributed by atoms with van der Waals surface area (Å²) in [5.74, 6) is -0.323. The molecule has 0 spiro atoms. The maximum Gasteiger partial charge on any atom is 0.280 e. The molecule has 228 valence electrons. The molecule has 42 heavy (non-hydrogen) atoms. The quantitative estimate of drug-likeness (QED) is 0.362. The lowest BCUT2D eigenvalue weighted by Gasteiger charge is -2.33. The van der Waals surface area contributed by atoms with Gasteiger partial charge in [-0.05, 0) is 49.4 Å². The van der Waals surface area contributed by atoms with Gasteiger partial charge in [-0.15, -0.1) is 0 Å². The van der Waals surface area contributed by atoms with Crippen LogP contribution in [0.1, 0.15) is 19.4 Å². The Labute approximate surface area is 251 Å². The number of rotatable bonds is 9. The van der Waals surface area contributed by atoms with E-state index in [1.165, 1.54) is 69.7 Å². The average molecular weight is 640 g/mol. The lowest BCUT2D eigenvalue weighted by atomic mass is 10.0. The van der Waals surface area contributed by atoms with Crippen molar-refractivity contribution in [3.05, 3.63) is 65.6 Å². The van der Waals surface area contributed by atoms with Crippen LogP contribution >= 0.6 is 11.6 Å².